The number of alkyl halides is 1. The van der Waals surface area contributed by atoms with Crippen LogP contribution in [0.5, 0.6) is 0 Å². The monoisotopic (exact) mass is 282 g/mol. The SMILES string of the molecule is Cc1cscc1NC(=O)NCc1cnn(CCF)c1. The van der Waals surface area contributed by atoms with Crippen molar-refractivity contribution in [3.8, 4) is 0 Å². The molecule has 2 amide bonds. The van der Waals surface area contributed by atoms with Crippen LogP contribution in [-0.4, -0.2) is 22.5 Å². The van der Waals surface area contributed by atoms with Gasteiger partial charge in [-0.15, -0.1) is 11.3 Å². The Morgan fingerprint density at radius 2 is 2.37 bits per heavy atom. The molecule has 0 aliphatic carbocycles. The Kier molecular flexibility index (Phi) is 4.51. The minimum Gasteiger partial charge on any atom is -0.334 e. The average molecular weight is 282 g/mol. The molecule has 2 N–H and O–H groups in total. The van der Waals surface area contributed by atoms with Gasteiger partial charge in [-0.2, -0.15) is 5.10 Å². The van der Waals surface area contributed by atoms with Crippen molar-refractivity contribution in [2.75, 3.05) is 12.0 Å². The lowest BCUT2D eigenvalue weighted by molar-refractivity contribution is 0.251. The van der Waals surface area contributed by atoms with Gasteiger partial charge in [-0.1, -0.05) is 0 Å². The van der Waals surface area contributed by atoms with Crippen LogP contribution in [-0.2, 0) is 13.1 Å². The van der Waals surface area contributed by atoms with E-state index in [1.807, 2.05) is 17.7 Å². The highest BCUT2D eigenvalue weighted by Gasteiger charge is 2.05. The lowest BCUT2D eigenvalue weighted by Gasteiger charge is -2.05. The molecule has 0 spiro atoms. The van der Waals surface area contributed by atoms with E-state index in [0.717, 1.165) is 16.8 Å². The molecule has 0 bridgehead atoms. The number of hydrogen-bond acceptors (Lipinski definition) is 3. The molecule has 7 heteroatoms. The Labute approximate surface area is 114 Å². The Balaban J connectivity index is 1.81. The molecule has 0 aliphatic rings. The molecule has 0 radical (unpaired) electrons. The highest BCUT2D eigenvalue weighted by atomic mass is 32.1. The van der Waals surface area contributed by atoms with E-state index in [0.29, 0.717) is 6.54 Å². The van der Waals surface area contributed by atoms with Crippen LogP contribution >= 0.6 is 11.3 Å². The van der Waals surface area contributed by atoms with Crippen molar-refractivity contribution >= 4 is 23.1 Å². The van der Waals surface area contributed by atoms with Gasteiger partial charge in [0, 0.05) is 23.7 Å². The first-order chi connectivity index (χ1) is 9.19. The summed E-state index contributed by atoms with van der Waals surface area (Å²) in [4.78, 5) is 11.7. The van der Waals surface area contributed by atoms with Gasteiger partial charge in [-0.05, 0) is 17.9 Å². The number of rotatable bonds is 5. The maximum Gasteiger partial charge on any atom is 0.319 e. The molecule has 0 unspecified atom stereocenters. The third-order valence-corrected chi connectivity index (χ3v) is 3.42. The van der Waals surface area contributed by atoms with Gasteiger partial charge in [0.2, 0.25) is 0 Å². The van der Waals surface area contributed by atoms with Gasteiger partial charge in [0.25, 0.3) is 0 Å². The Morgan fingerprint density at radius 3 is 3.05 bits per heavy atom. The summed E-state index contributed by atoms with van der Waals surface area (Å²) in [6.45, 7) is 2.08. The Bertz CT molecular complexity index is 551. The molecule has 5 nitrogen and oxygen atoms in total. The van der Waals surface area contributed by atoms with Crippen molar-refractivity contribution in [1.82, 2.24) is 15.1 Å². The predicted molar refractivity (Wildman–Crippen MR) is 73.1 cm³/mol. The van der Waals surface area contributed by atoms with Gasteiger partial charge < -0.3 is 10.6 Å². The van der Waals surface area contributed by atoms with E-state index in [1.54, 1.807) is 23.7 Å². The average Bonchev–Trinajstić information content (AvgIpc) is 2.98. The van der Waals surface area contributed by atoms with Gasteiger partial charge in [-0.3, -0.25) is 4.68 Å². The molecule has 2 aromatic rings. The zero-order valence-corrected chi connectivity index (χ0v) is 11.3. The van der Waals surface area contributed by atoms with Crippen LogP contribution in [0.1, 0.15) is 11.1 Å². The summed E-state index contributed by atoms with van der Waals surface area (Å²) >= 11 is 1.54. The number of thiophene rings is 1. The quantitative estimate of drug-likeness (QED) is 0.885. The molecule has 0 aliphatic heterocycles. The van der Waals surface area contributed by atoms with Gasteiger partial charge in [0.05, 0.1) is 18.4 Å². The second-order valence-electron chi connectivity index (χ2n) is 4.08. The van der Waals surface area contributed by atoms with Crippen molar-refractivity contribution in [2.24, 2.45) is 0 Å². The van der Waals surface area contributed by atoms with E-state index in [1.165, 1.54) is 4.68 Å². The first kappa shape index (κ1) is 13.5. The lowest BCUT2D eigenvalue weighted by atomic mass is 10.3. The molecule has 102 valence electrons. The van der Waals surface area contributed by atoms with E-state index in [2.05, 4.69) is 15.7 Å². The molecule has 0 saturated heterocycles. The van der Waals surface area contributed by atoms with E-state index < -0.39 is 6.67 Å². The normalized spacial score (nSPS) is 10.4. The number of aryl methyl sites for hydroxylation is 2. The van der Waals surface area contributed by atoms with Gasteiger partial charge in [-0.25, -0.2) is 9.18 Å². The van der Waals surface area contributed by atoms with Crippen LogP contribution in [0, 0.1) is 6.92 Å². The number of urea groups is 1. The standard InChI is InChI=1S/C12H15FN4OS/c1-9-7-19-8-11(9)16-12(18)14-4-10-5-15-17(6-10)3-2-13/h5-8H,2-4H2,1H3,(H2,14,16,18). The maximum absolute atomic E-state index is 12.1. The fraction of sp³-hybridized carbons (Fsp3) is 0.333. The van der Waals surface area contributed by atoms with E-state index in [9.17, 15) is 9.18 Å². The van der Waals surface area contributed by atoms with E-state index in [-0.39, 0.29) is 12.6 Å². The molecule has 2 aromatic heterocycles. The smallest absolute Gasteiger partial charge is 0.319 e. The number of aromatic nitrogens is 2. The number of anilines is 1. The molecule has 0 fully saturated rings. The molecule has 2 rings (SSSR count). The summed E-state index contributed by atoms with van der Waals surface area (Å²) < 4.78 is 13.6. The lowest BCUT2D eigenvalue weighted by Crippen LogP contribution is -2.28. The van der Waals surface area contributed by atoms with Crippen molar-refractivity contribution in [2.45, 2.75) is 20.0 Å². The zero-order valence-electron chi connectivity index (χ0n) is 10.5. The number of carbonyl (C=O) groups is 1. The first-order valence-electron chi connectivity index (χ1n) is 5.84. The second-order valence-corrected chi connectivity index (χ2v) is 4.82. The molecule has 0 saturated carbocycles. The minimum atomic E-state index is -0.452. The number of carbonyl (C=O) groups excluding carboxylic acids is 1. The Hall–Kier alpha value is -1.89. The fourth-order valence-corrected chi connectivity index (χ4v) is 2.32. The van der Waals surface area contributed by atoms with Crippen molar-refractivity contribution in [1.29, 1.82) is 0 Å². The fourth-order valence-electron chi connectivity index (χ4n) is 1.54. The molecule has 19 heavy (non-hydrogen) atoms. The summed E-state index contributed by atoms with van der Waals surface area (Å²) in [5, 5.41) is 13.3. The van der Waals surface area contributed by atoms with Crippen LogP contribution in [0.25, 0.3) is 0 Å². The number of hydrogen-bond donors (Lipinski definition) is 2. The van der Waals surface area contributed by atoms with Crippen LogP contribution in [0.3, 0.4) is 0 Å². The predicted octanol–water partition coefficient (Wildman–Crippen LogP) is 2.54. The molecular weight excluding hydrogens is 267 g/mol. The minimum absolute atomic E-state index is 0.236. The first-order valence-corrected chi connectivity index (χ1v) is 6.78. The topological polar surface area (TPSA) is 59.0 Å². The summed E-state index contributed by atoms with van der Waals surface area (Å²) in [5.41, 5.74) is 2.69. The van der Waals surface area contributed by atoms with Crippen molar-refractivity contribution in [3.63, 3.8) is 0 Å². The molecular formula is C12H15FN4OS. The largest absolute Gasteiger partial charge is 0.334 e. The number of halogens is 1. The summed E-state index contributed by atoms with van der Waals surface area (Å²) in [6, 6.07) is -0.264. The van der Waals surface area contributed by atoms with Gasteiger partial charge in [0.15, 0.2) is 0 Å². The van der Waals surface area contributed by atoms with Gasteiger partial charge >= 0.3 is 6.03 Å². The third-order valence-electron chi connectivity index (χ3n) is 2.56. The molecule has 0 atom stereocenters. The van der Waals surface area contributed by atoms with E-state index in [4.69, 9.17) is 0 Å². The third kappa shape index (κ3) is 3.78. The van der Waals surface area contributed by atoms with Crippen molar-refractivity contribution < 1.29 is 9.18 Å². The highest BCUT2D eigenvalue weighted by molar-refractivity contribution is 7.08. The maximum atomic E-state index is 12.1. The van der Waals surface area contributed by atoms with Crippen LogP contribution in [0.2, 0.25) is 0 Å². The Morgan fingerprint density at radius 1 is 1.53 bits per heavy atom. The number of nitrogens with one attached hydrogen (secondary N) is 2. The van der Waals surface area contributed by atoms with E-state index >= 15 is 0 Å². The molecule has 2 heterocycles. The summed E-state index contributed by atoms with van der Waals surface area (Å²) in [7, 11) is 0. The number of nitrogens with zero attached hydrogens (tertiary/aromatic N) is 2. The van der Waals surface area contributed by atoms with Crippen LogP contribution in [0.4, 0.5) is 14.9 Å². The van der Waals surface area contributed by atoms with Crippen LogP contribution < -0.4 is 10.6 Å². The number of amides is 2. The second kappa shape index (κ2) is 6.33. The van der Waals surface area contributed by atoms with Crippen LogP contribution in [0.15, 0.2) is 23.2 Å². The summed E-state index contributed by atoms with van der Waals surface area (Å²) in [5.74, 6) is 0. The molecule has 0 aromatic carbocycles. The summed E-state index contributed by atoms with van der Waals surface area (Å²) in [6.07, 6.45) is 3.33. The zero-order chi connectivity index (χ0) is 13.7. The van der Waals surface area contributed by atoms with Crippen molar-refractivity contribution in [3.05, 3.63) is 34.3 Å². The van der Waals surface area contributed by atoms with Gasteiger partial charge in [0.1, 0.15) is 6.67 Å². The highest BCUT2D eigenvalue weighted by Crippen LogP contribution is 2.18.